The van der Waals surface area contributed by atoms with Crippen molar-refractivity contribution in [1.29, 1.82) is 0 Å². The second-order valence-corrected chi connectivity index (χ2v) is 7.59. The van der Waals surface area contributed by atoms with Crippen LogP contribution in [-0.4, -0.2) is 52.2 Å². The zero-order valence-electron chi connectivity index (χ0n) is 15.2. The summed E-state index contributed by atoms with van der Waals surface area (Å²) < 4.78 is 10.6. The number of carbonyl (C=O) groups is 2. The maximum Gasteiger partial charge on any atom is 0.417 e. The summed E-state index contributed by atoms with van der Waals surface area (Å²) in [5.41, 5.74) is 1.97. The predicted octanol–water partition coefficient (Wildman–Crippen LogP) is 2.92. The highest BCUT2D eigenvalue weighted by atomic mass is 79.9. The van der Waals surface area contributed by atoms with Gasteiger partial charge < -0.3 is 14.6 Å². The van der Waals surface area contributed by atoms with E-state index in [2.05, 4.69) is 15.9 Å². The molecule has 1 N–H and O–H groups in total. The molecule has 0 spiro atoms. The zero-order chi connectivity index (χ0) is 19.9. The molecule has 1 saturated heterocycles. The van der Waals surface area contributed by atoms with E-state index in [0.29, 0.717) is 13.0 Å². The molecule has 1 aliphatic heterocycles. The number of rotatable bonds is 8. The van der Waals surface area contributed by atoms with E-state index >= 15 is 0 Å². The molecule has 3 atom stereocenters. The lowest BCUT2D eigenvalue weighted by molar-refractivity contribution is -0.131. The van der Waals surface area contributed by atoms with Crippen LogP contribution in [0.3, 0.4) is 0 Å². The van der Waals surface area contributed by atoms with Crippen LogP contribution < -0.4 is 0 Å². The first-order valence-electron chi connectivity index (χ1n) is 9.04. The Kier molecular flexibility index (Phi) is 7.19. The zero-order valence-corrected chi connectivity index (χ0v) is 16.8. The minimum absolute atomic E-state index is 0.0389. The molecule has 0 radical (unpaired) electrons. The summed E-state index contributed by atoms with van der Waals surface area (Å²) in [5, 5.41) is 10.3. The summed E-state index contributed by atoms with van der Waals surface area (Å²) in [4.78, 5) is 25.0. The number of aliphatic hydroxyl groups is 1. The second-order valence-electron chi connectivity index (χ2n) is 6.60. The van der Waals surface area contributed by atoms with Crippen molar-refractivity contribution in [3.8, 4) is 0 Å². The molecule has 2 amide bonds. The molecule has 1 heterocycles. The van der Waals surface area contributed by atoms with E-state index < -0.39 is 29.0 Å². The third-order valence-corrected chi connectivity index (χ3v) is 5.49. The molecule has 0 saturated carbocycles. The fraction of sp³-hybridized carbons (Fsp3) is 0.333. The fourth-order valence-electron chi connectivity index (χ4n) is 3.02. The predicted molar refractivity (Wildman–Crippen MR) is 107 cm³/mol. The van der Waals surface area contributed by atoms with Crippen LogP contribution in [0.1, 0.15) is 11.1 Å². The van der Waals surface area contributed by atoms with E-state index in [1.54, 1.807) is 0 Å². The van der Waals surface area contributed by atoms with Gasteiger partial charge in [0.05, 0.1) is 25.4 Å². The molecule has 3 rings (SSSR count). The van der Waals surface area contributed by atoms with E-state index in [9.17, 15) is 14.7 Å². The fourth-order valence-corrected chi connectivity index (χ4v) is 3.39. The van der Waals surface area contributed by atoms with Crippen LogP contribution in [0.5, 0.6) is 0 Å². The number of amides is 2. The number of imide groups is 1. The summed E-state index contributed by atoms with van der Waals surface area (Å²) in [7, 11) is 0. The van der Waals surface area contributed by atoms with Gasteiger partial charge in [0.1, 0.15) is 11.4 Å². The average Bonchev–Trinajstić information content (AvgIpc) is 3.08. The molecule has 2 aromatic carbocycles. The van der Waals surface area contributed by atoms with Crippen molar-refractivity contribution in [3.63, 3.8) is 0 Å². The molecule has 1 aliphatic rings. The van der Waals surface area contributed by atoms with Crippen molar-refractivity contribution in [2.45, 2.75) is 30.0 Å². The van der Waals surface area contributed by atoms with Crippen LogP contribution in [0, 0.1) is 0 Å². The van der Waals surface area contributed by atoms with Crippen molar-refractivity contribution in [1.82, 2.24) is 4.90 Å². The Morgan fingerprint density at radius 3 is 2.39 bits per heavy atom. The summed E-state index contributed by atoms with van der Waals surface area (Å²) in [6, 6.07) is 18.7. The highest BCUT2D eigenvalue weighted by molar-refractivity contribution is 9.10. The minimum atomic E-state index is -1.10. The Balaban J connectivity index is 1.56. The molecular formula is C21H22BrNO5. The van der Waals surface area contributed by atoms with E-state index in [-0.39, 0.29) is 13.2 Å². The van der Waals surface area contributed by atoms with E-state index in [4.69, 9.17) is 9.47 Å². The molecule has 148 valence electrons. The molecule has 7 heteroatoms. The van der Waals surface area contributed by atoms with Crippen molar-refractivity contribution >= 4 is 27.9 Å². The van der Waals surface area contributed by atoms with Crippen molar-refractivity contribution in [2.75, 3.05) is 13.2 Å². The number of carbonyl (C=O) groups excluding carboxylic acids is 2. The quantitative estimate of drug-likeness (QED) is 0.629. The molecular weight excluding hydrogens is 426 g/mol. The summed E-state index contributed by atoms with van der Waals surface area (Å²) in [5.74, 6) is -0.528. The van der Waals surface area contributed by atoms with Gasteiger partial charge in [-0.05, 0) is 17.5 Å². The first-order valence-corrected chi connectivity index (χ1v) is 9.95. The molecule has 1 fully saturated rings. The Hall–Kier alpha value is -2.22. The minimum Gasteiger partial charge on any atom is -0.447 e. The number of benzene rings is 2. The molecule has 0 aromatic heterocycles. The number of ether oxygens (including phenoxy) is 2. The third kappa shape index (κ3) is 5.19. The molecule has 2 aromatic rings. The van der Waals surface area contributed by atoms with Gasteiger partial charge in [0.2, 0.25) is 5.91 Å². The maximum absolute atomic E-state index is 12.8. The third-order valence-electron chi connectivity index (χ3n) is 4.49. The van der Waals surface area contributed by atoms with E-state index in [1.165, 1.54) is 0 Å². The van der Waals surface area contributed by atoms with Crippen LogP contribution in [0.25, 0.3) is 0 Å². The lowest BCUT2D eigenvalue weighted by atomic mass is 10.1. The Labute approximate surface area is 172 Å². The number of hydrogen-bond donors (Lipinski definition) is 1. The van der Waals surface area contributed by atoms with Crippen LogP contribution in [0.4, 0.5) is 4.79 Å². The smallest absolute Gasteiger partial charge is 0.417 e. The number of nitrogens with zero attached hydrogens (tertiary/aromatic N) is 1. The molecule has 28 heavy (non-hydrogen) atoms. The van der Waals surface area contributed by atoms with E-state index in [1.807, 2.05) is 60.7 Å². The van der Waals surface area contributed by atoms with Crippen LogP contribution in [-0.2, 0) is 27.3 Å². The van der Waals surface area contributed by atoms with Crippen molar-refractivity contribution in [2.24, 2.45) is 0 Å². The lowest BCUT2D eigenvalue weighted by Gasteiger charge is -2.24. The first kappa shape index (κ1) is 20.5. The van der Waals surface area contributed by atoms with Gasteiger partial charge in [0.25, 0.3) is 0 Å². The van der Waals surface area contributed by atoms with Gasteiger partial charge in [-0.25, -0.2) is 9.69 Å². The topological polar surface area (TPSA) is 76.1 Å². The van der Waals surface area contributed by atoms with Crippen LogP contribution >= 0.6 is 15.9 Å². The van der Waals surface area contributed by atoms with Crippen molar-refractivity contribution < 1.29 is 24.2 Å². The molecule has 0 bridgehead atoms. The number of halogens is 1. The largest absolute Gasteiger partial charge is 0.447 e. The summed E-state index contributed by atoms with van der Waals surface area (Å²) in [6.45, 7) is 0.427. The van der Waals surface area contributed by atoms with Gasteiger partial charge in [0.15, 0.2) is 0 Å². The highest BCUT2D eigenvalue weighted by Gasteiger charge is 2.42. The molecule has 6 nitrogen and oxygen atoms in total. The number of cyclic esters (lactones) is 1. The van der Waals surface area contributed by atoms with Gasteiger partial charge in [-0.15, -0.1) is 0 Å². The summed E-state index contributed by atoms with van der Waals surface area (Å²) in [6.07, 6.45) is -1.28. The Bertz CT molecular complexity index is 786. The Morgan fingerprint density at radius 1 is 1.14 bits per heavy atom. The van der Waals surface area contributed by atoms with Gasteiger partial charge in [0, 0.05) is 0 Å². The average molecular weight is 448 g/mol. The molecule has 1 unspecified atom stereocenters. The molecule has 0 aliphatic carbocycles. The van der Waals surface area contributed by atoms with Crippen LogP contribution in [0.2, 0.25) is 0 Å². The second kappa shape index (κ2) is 9.82. The van der Waals surface area contributed by atoms with E-state index in [0.717, 1.165) is 16.0 Å². The SMILES string of the molecule is O=C1OCC(Cc2ccccc2)N1C(=O)[C@@H](Br)[C@H](O)COCc1ccccc1. The van der Waals surface area contributed by atoms with Gasteiger partial charge in [-0.3, -0.25) is 4.79 Å². The van der Waals surface area contributed by atoms with Gasteiger partial charge in [-0.2, -0.15) is 0 Å². The lowest BCUT2D eigenvalue weighted by Crippen LogP contribution is -2.48. The maximum atomic E-state index is 12.8. The highest BCUT2D eigenvalue weighted by Crippen LogP contribution is 2.22. The first-order chi connectivity index (χ1) is 13.6. The normalized spacial score (nSPS) is 18.6. The number of hydrogen-bond acceptors (Lipinski definition) is 5. The van der Waals surface area contributed by atoms with Crippen molar-refractivity contribution in [3.05, 3.63) is 71.8 Å². The monoisotopic (exact) mass is 447 g/mol. The van der Waals surface area contributed by atoms with Gasteiger partial charge >= 0.3 is 6.09 Å². The summed E-state index contributed by atoms with van der Waals surface area (Å²) >= 11 is 3.22. The van der Waals surface area contributed by atoms with Gasteiger partial charge in [-0.1, -0.05) is 76.6 Å². The Morgan fingerprint density at radius 2 is 1.75 bits per heavy atom. The van der Waals surface area contributed by atoms with Crippen LogP contribution in [0.15, 0.2) is 60.7 Å². The number of aliphatic hydroxyl groups excluding tert-OH is 1. The standard InChI is InChI=1S/C21H22BrNO5/c22-19(18(24)14-27-12-16-9-5-2-6-10-16)20(25)23-17(13-28-21(23)26)11-15-7-3-1-4-8-15/h1-10,17-19,24H,11-14H2/t17?,18-,19+/m1/s1. The number of alkyl halides is 1.